The second kappa shape index (κ2) is 10.8. The van der Waals surface area contributed by atoms with E-state index in [0.29, 0.717) is 18.7 Å². The number of para-hydroxylation sites is 1. The van der Waals surface area contributed by atoms with Gasteiger partial charge in [0.25, 0.3) is 5.91 Å². The number of nitrogens with two attached hydrogens (primary N) is 1. The van der Waals surface area contributed by atoms with Crippen LogP contribution in [0.4, 0.5) is 11.4 Å². The fourth-order valence-electron chi connectivity index (χ4n) is 4.86. The molecule has 0 atom stereocenters. The molecular weight excluding hydrogens is 452 g/mol. The first kappa shape index (κ1) is 23.9. The molecule has 5 rings (SSSR count). The van der Waals surface area contributed by atoms with Gasteiger partial charge in [-0.25, -0.2) is 9.97 Å². The average Bonchev–Trinajstić information content (AvgIpc) is 2.94. The molecular formula is C27H32N8O. The number of hydrogen-bond donors (Lipinski definition) is 1. The second-order valence-corrected chi connectivity index (χ2v) is 9.39. The number of piperidine rings is 1. The maximum atomic E-state index is 13.1. The van der Waals surface area contributed by atoms with Crippen LogP contribution >= 0.6 is 0 Å². The van der Waals surface area contributed by atoms with Crippen molar-refractivity contribution < 1.29 is 4.79 Å². The van der Waals surface area contributed by atoms with Crippen LogP contribution in [0.3, 0.4) is 0 Å². The lowest BCUT2D eigenvalue weighted by Gasteiger charge is -2.34. The molecule has 2 fully saturated rings. The van der Waals surface area contributed by atoms with Gasteiger partial charge in [0.15, 0.2) is 0 Å². The van der Waals surface area contributed by atoms with E-state index in [4.69, 9.17) is 10.7 Å². The lowest BCUT2D eigenvalue weighted by atomic mass is 9.92. The zero-order valence-electron chi connectivity index (χ0n) is 20.6. The number of likely N-dealkylation sites (N-methyl/N-ethyl adjacent to an activating group) is 1. The van der Waals surface area contributed by atoms with Crippen LogP contribution in [0.15, 0.2) is 65.7 Å². The van der Waals surface area contributed by atoms with Gasteiger partial charge in [-0.3, -0.25) is 14.8 Å². The number of anilines is 1. The van der Waals surface area contributed by atoms with Crippen molar-refractivity contribution in [3.8, 4) is 0 Å². The molecule has 2 aliphatic rings. The molecule has 9 heteroatoms. The normalized spacial score (nSPS) is 18.3. The second-order valence-electron chi connectivity index (χ2n) is 9.39. The molecule has 0 unspecified atom stereocenters. The molecule has 1 amide bonds. The molecule has 2 N–H and O–H groups in total. The van der Waals surface area contributed by atoms with Crippen molar-refractivity contribution in [2.24, 2.45) is 10.7 Å². The molecule has 2 aromatic heterocycles. The van der Waals surface area contributed by atoms with Crippen LogP contribution in [-0.4, -0.2) is 83.2 Å². The zero-order valence-corrected chi connectivity index (χ0v) is 20.6. The van der Waals surface area contributed by atoms with Gasteiger partial charge in [0, 0.05) is 57.6 Å². The molecule has 0 saturated carbocycles. The van der Waals surface area contributed by atoms with E-state index in [1.54, 1.807) is 12.5 Å². The van der Waals surface area contributed by atoms with Gasteiger partial charge in [-0.2, -0.15) is 0 Å². The Morgan fingerprint density at radius 1 is 1.03 bits per heavy atom. The van der Waals surface area contributed by atoms with E-state index in [1.165, 1.54) is 6.20 Å². The van der Waals surface area contributed by atoms with E-state index < -0.39 is 0 Å². The number of fused-ring (bicyclic) bond motifs is 1. The largest absolute Gasteiger partial charge is 0.404 e. The Labute approximate surface area is 211 Å². The highest BCUT2D eigenvalue weighted by Gasteiger charge is 2.27. The van der Waals surface area contributed by atoms with Gasteiger partial charge in [0.1, 0.15) is 11.8 Å². The minimum atomic E-state index is -0.0990. The molecule has 0 radical (unpaired) electrons. The summed E-state index contributed by atoms with van der Waals surface area (Å²) in [4.78, 5) is 37.9. The highest BCUT2D eigenvalue weighted by Crippen LogP contribution is 2.31. The number of amides is 1. The summed E-state index contributed by atoms with van der Waals surface area (Å²) in [5, 5.41) is 0. The van der Waals surface area contributed by atoms with Gasteiger partial charge >= 0.3 is 0 Å². The van der Waals surface area contributed by atoms with Crippen LogP contribution in [0.1, 0.15) is 24.5 Å². The van der Waals surface area contributed by atoms with Crippen molar-refractivity contribution in [1.29, 1.82) is 0 Å². The quantitative estimate of drug-likeness (QED) is 0.439. The maximum Gasteiger partial charge on any atom is 0.256 e. The highest BCUT2D eigenvalue weighted by molar-refractivity contribution is 6.12. The molecule has 1 aromatic carbocycles. The number of aliphatic imine (C=N–C) groups is 1. The van der Waals surface area contributed by atoms with Gasteiger partial charge in [0.2, 0.25) is 0 Å². The summed E-state index contributed by atoms with van der Waals surface area (Å²) < 4.78 is 0. The van der Waals surface area contributed by atoms with Crippen molar-refractivity contribution in [3.63, 3.8) is 0 Å². The molecule has 2 aliphatic heterocycles. The fraction of sp³-hybridized carbons (Fsp3) is 0.370. The third-order valence-electron chi connectivity index (χ3n) is 7.06. The Morgan fingerprint density at radius 2 is 1.78 bits per heavy atom. The molecule has 186 valence electrons. The number of aromatic nitrogens is 3. The van der Waals surface area contributed by atoms with Crippen LogP contribution in [0.5, 0.6) is 0 Å². The summed E-state index contributed by atoms with van der Waals surface area (Å²) in [5.74, 6) is 0.128. The third-order valence-corrected chi connectivity index (χ3v) is 7.06. The number of likely N-dealkylation sites (tertiary alicyclic amines) is 1. The number of hydrogen-bond acceptors (Lipinski definition) is 8. The first-order chi connectivity index (χ1) is 17.6. The maximum absolute atomic E-state index is 13.1. The van der Waals surface area contributed by atoms with Gasteiger partial charge in [-0.05, 0) is 38.1 Å². The predicted molar refractivity (Wildman–Crippen MR) is 142 cm³/mol. The van der Waals surface area contributed by atoms with Gasteiger partial charge < -0.3 is 20.4 Å². The summed E-state index contributed by atoms with van der Waals surface area (Å²) in [7, 11) is 2.15. The monoisotopic (exact) mass is 484 g/mol. The molecule has 0 bridgehead atoms. The van der Waals surface area contributed by atoms with Crippen molar-refractivity contribution in [3.05, 3.63) is 66.4 Å². The van der Waals surface area contributed by atoms with Crippen molar-refractivity contribution in [1.82, 2.24) is 24.8 Å². The van der Waals surface area contributed by atoms with Crippen LogP contribution in [-0.2, 0) is 4.79 Å². The summed E-state index contributed by atoms with van der Waals surface area (Å²) in [6.07, 6.45) is 8.09. The molecule has 4 heterocycles. The van der Waals surface area contributed by atoms with E-state index in [-0.39, 0.29) is 11.8 Å². The Hall–Kier alpha value is -3.85. The number of rotatable bonds is 5. The van der Waals surface area contributed by atoms with Gasteiger partial charge in [0.05, 0.1) is 34.4 Å². The van der Waals surface area contributed by atoms with Crippen LogP contribution in [0, 0.1) is 0 Å². The molecule has 0 aliphatic carbocycles. The average molecular weight is 485 g/mol. The SMILES string of the molecule is CN1CCN(c2cnc3c(C4CCN(C(=O)/C(C=Nc5ccccc5)=C/N)CC4)ncnc3c2)CC1. The van der Waals surface area contributed by atoms with Crippen molar-refractivity contribution in [2.75, 3.05) is 51.2 Å². The molecule has 0 spiro atoms. The Morgan fingerprint density at radius 3 is 2.50 bits per heavy atom. The fourth-order valence-corrected chi connectivity index (χ4v) is 4.86. The van der Waals surface area contributed by atoms with Crippen molar-refractivity contribution in [2.45, 2.75) is 18.8 Å². The van der Waals surface area contributed by atoms with E-state index in [1.807, 2.05) is 41.4 Å². The van der Waals surface area contributed by atoms with E-state index in [0.717, 1.165) is 67.1 Å². The van der Waals surface area contributed by atoms with Gasteiger partial charge in [-0.15, -0.1) is 0 Å². The Balaban J connectivity index is 1.25. The minimum Gasteiger partial charge on any atom is -0.404 e. The Kier molecular flexibility index (Phi) is 7.18. The Bertz CT molecular complexity index is 1260. The van der Waals surface area contributed by atoms with E-state index >= 15 is 0 Å². The number of carbonyl (C=O) groups is 1. The first-order valence-electron chi connectivity index (χ1n) is 12.5. The smallest absolute Gasteiger partial charge is 0.256 e. The number of benzene rings is 1. The van der Waals surface area contributed by atoms with Crippen LogP contribution in [0.2, 0.25) is 0 Å². The summed E-state index contributed by atoms with van der Waals surface area (Å²) in [5.41, 5.74) is 10.8. The topological polar surface area (TPSA) is 104 Å². The van der Waals surface area contributed by atoms with Crippen molar-refractivity contribution >= 4 is 34.5 Å². The number of nitrogens with zero attached hydrogens (tertiary/aromatic N) is 7. The number of piperazine rings is 1. The minimum absolute atomic E-state index is 0.0990. The van der Waals surface area contributed by atoms with Crippen LogP contribution < -0.4 is 10.6 Å². The number of carbonyl (C=O) groups excluding carboxylic acids is 1. The highest BCUT2D eigenvalue weighted by atomic mass is 16.2. The molecule has 9 nitrogen and oxygen atoms in total. The molecule has 3 aromatic rings. The first-order valence-corrected chi connectivity index (χ1v) is 12.5. The molecule has 36 heavy (non-hydrogen) atoms. The van der Waals surface area contributed by atoms with E-state index in [2.05, 4.69) is 37.9 Å². The standard InChI is InChI=1S/C27H32N8O/c1-33-11-13-34(14-12-33)23-15-24-26(30-18-23)25(32-19-31-24)20-7-9-35(10-8-20)27(36)21(16-28)17-29-22-5-3-2-4-6-22/h2-6,15-20H,7-14,28H2,1H3/b21-16+,29-17?. The predicted octanol–water partition coefficient (Wildman–Crippen LogP) is 2.73. The lowest BCUT2D eigenvalue weighted by Crippen LogP contribution is -2.44. The summed E-state index contributed by atoms with van der Waals surface area (Å²) >= 11 is 0. The number of pyridine rings is 1. The molecule has 2 saturated heterocycles. The van der Waals surface area contributed by atoms with E-state index in [9.17, 15) is 4.79 Å². The summed E-state index contributed by atoms with van der Waals surface area (Å²) in [6, 6.07) is 11.6. The van der Waals surface area contributed by atoms with Crippen LogP contribution in [0.25, 0.3) is 11.0 Å². The third kappa shape index (κ3) is 5.21. The van der Waals surface area contributed by atoms with Gasteiger partial charge in [-0.1, -0.05) is 18.2 Å². The zero-order chi connectivity index (χ0) is 24.9. The summed E-state index contributed by atoms with van der Waals surface area (Å²) in [6.45, 7) is 5.33. The lowest BCUT2D eigenvalue weighted by molar-refractivity contribution is -0.127.